The van der Waals surface area contributed by atoms with E-state index in [1.54, 1.807) is 20.4 Å². The van der Waals surface area contributed by atoms with Crippen LogP contribution >= 0.6 is 11.6 Å². The average molecular weight is 442 g/mol. The highest BCUT2D eigenvalue weighted by molar-refractivity contribution is 6.32. The van der Waals surface area contributed by atoms with E-state index >= 15 is 0 Å². The molecule has 0 aliphatic rings. The molecule has 0 bridgehead atoms. The van der Waals surface area contributed by atoms with E-state index in [9.17, 15) is 0 Å². The van der Waals surface area contributed by atoms with Crippen molar-refractivity contribution in [3.05, 3.63) is 76.6 Å². The van der Waals surface area contributed by atoms with E-state index < -0.39 is 0 Å². The number of nitrogens with one attached hydrogen (secondary N) is 2. The van der Waals surface area contributed by atoms with Crippen molar-refractivity contribution in [3.8, 4) is 11.5 Å². The lowest BCUT2D eigenvalue weighted by Gasteiger charge is -2.16. The molecule has 0 amide bonds. The third-order valence-electron chi connectivity index (χ3n) is 4.72. The first-order valence-corrected chi connectivity index (χ1v) is 10.5. The lowest BCUT2D eigenvalue weighted by atomic mass is 10.1. The first-order chi connectivity index (χ1) is 15.1. The first-order valence-electron chi connectivity index (χ1n) is 10.1. The fraction of sp³-hybridized carbons (Fsp3) is 0.304. The van der Waals surface area contributed by atoms with Crippen molar-refractivity contribution < 1.29 is 9.47 Å². The van der Waals surface area contributed by atoms with Gasteiger partial charge >= 0.3 is 0 Å². The number of rotatable bonds is 9. The molecule has 0 aliphatic heterocycles. The Bertz CT molecular complexity index is 1010. The molecule has 3 aromatic rings. The molecule has 0 fully saturated rings. The van der Waals surface area contributed by atoms with Crippen molar-refractivity contribution in [1.82, 2.24) is 20.4 Å². The molecule has 0 radical (unpaired) electrons. The number of methoxy groups -OCH3 is 1. The molecule has 2 N–H and O–H groups in total. The maximum absolute atomic E-state index is 6.37. The quantitative estimate of drug-likeness (QED) is 0.389. The van der Waals surface area contributed by atoms with Crippen molar-refractivity contribution in [2.75, 3.05) is 20.8 Å². The van der Waals surface area contributed by atoms with Gasteiger partial charge in [-0.05, 0) is 41.8 Å². The summed E-state index contributed by atoms with van der Waals surface area (Å²) in [5, 5.41) is 11.5. The second-order valence-electron chi connectivity index (χ2n) is 6.79. The molecular weight excluding hydrogens is 414 g/mol. The van der Waals surface area contributed by atoms with E-state index in [1.807, 2.05) is 48.1 Å². The zero-order valence-corrected chi connectivity index (χ0v) is 18.8. The Morgan fingerprint density at radius 3 is 2.58 bits per heavy atom. The van der Waals surface area contributed by atoms with Crippen LogP contribution in [0.3, 0.4) is 0 Å². The van der Waals surface area contributed by atoms with Crippen LogP contribution < -0.4 is 20.1 Å². The van der Waals surface area contributed by atoms with Crippen LogP contribution in [0.5, 0.6) is 11.5 Å². The summed E-state index contributed by atoms with van der Waals surface area (Å²) in [6, 6.07) is 14.0. The second kappa shape index (κ2) is 11.3. The number of ether oxygens (including phenoxy) is 2. The van der Waals surface area contributed by atoms with E-state index in [1.165, 1.54) is 11.1 Å². The van der Waals surface area contributed by atoms with Gasteiger partial charge in [0.1, 0.15) is 0 Å². The van der Waals surface area contributed by atoms with Gasteiger partial charge in [-0.25, -0.2) is 0 Å². The van der Waals surface area contributed by atoms with Crippen LogP contribution in [0.1, 0.15) is 23.6 Å². The number of halogens is 1. The van der Waals surface area contributed by atoms with Gasteiger partial charge in [0.15, 0.2) is 17.5 Å². The van der Waals surface area contributed by atoms with Gasteiger partial charge in [-0.2, -0.15) is 5.10 Å². The van der Waals surface area contributed by atoms with Crippen LogP contribution in [0.15, 0.2) is 59.9 Å². The number of aromatic nitrogens is 2. The van der Waals surface area contributed by atoms with Gasteiger partial charge in [-0.3, -0.25) is 9.67 Å². The Morgan fingerprint density at radius 2 is 1.90 bits per heavy atom. The van der Waals surface area contributed by atoms with Crippen LogP contribution in [0.4, 0.5) is 0 Å². The van der Waals surface area contributed by atoms with E-state index in [4.69, 9.17) is 21.1 Å². The molecule has 1 aromatic heterocycles. The molecule has 0 unspecified atom stereocenters. The second-order valence-corrected chi connectivity index (χ2v) is 7.20. The van der Waals surface area contributed by atoms with Crippen LogP contribution in [0.25, 0.3) is 0 Å². The number of nitrogens with zero attached hydrogens (tertiary/aromatic N) is 3. The Kier molecular flexibility index (Phi) is 8.18. The normalized spacial score (nSPS) is 11.3. The van der Waals surface area contributed by atoms with Crippen molar-refractivity contribution in [2.24, 2.45) is 4.99 Å². The molecule has 7 nitrogen and oxygen atoms in total. The van der Waals surface area contributed by atoms with Crippen LogP contribution in [-0.4, -0.2) is 36.5 Å². The Hall–Kier alpha value is -3.19. The van der Waals surface area contributed by atoms with Crippen LogP contribution in [-0.2, 0) is 19.6 Å². The number of hydrogen-bond acceptors (Lipinski definition) is 4. The highest BCUT2D eigenvalue weighted by Gasteiger charge is 2.12. The van der Waals surface area contributed by atoms with Crippen molar-refractivity contribution >= 4 is 17.6 Å². The molecular formula is C23H28ClN5O2. The zero-order chi connectivity index (χ0) is 22.1. The molecule has 0 saturated heterocycles. The third kappa shape index (κ3) is 6.15. The Morgan fingerprint density at radius 1 is 1.13 bits per heavy atom. The number of hydrogen-bond donors (Lipinski definition) is 2. The molecule has 0 spiro atoms. The maximum Gasteiger partial charge on any atom is 0.191 e. The van der Waals surface area contributed by atoms with Gasteiger partial charge in [0, 0.05) is 32.5 Å². The minimum atomic E-state index is 0.520. The summed E-state index contributed by atoms with van der Waals surface area (Å²) in [7, 11) is 3.35. The minimum absolute atomic E-state index is 0.520. The summed E-state index contributed by atoms with van der Waals surface area (Å²) in [6.07, 6.45) is 3.75. The van der Waals surface area contributed by atoms with E-state index in [2.05, 4.69) is 32.9 Å². The maximum atomic E-state index is 6.37. The van der Waals surface area contributed by atoms with E-state index in [0.29, 0.717) is 42.2 Å². The molecule has 0 atom stereocenters. The number of aliphatic imine (C=N–C) groups is 1. The topological polar surface area (TPSA) is 72.7 Å². The summed E-state index contributed by atoms with van der Waals surface area (Å²) >= 11 is 6.37. The molecule has 1 heterocycles. The number of guanidine groups is 1. The van der Waals surface area contributed by atoms with Crippen molar-refractivity contribution in [2.45, 2.75) is 26.6 Å². The average Bonchev–Trinajstić information content (AvgIpc) is 3.29. The summed E-state index contributed by atoms with van der Waals surface area (Å²) in [4.78, 5) is 4.32. The largest absolute Gasteiger partial charge is 0.493 e. The Labute approximate surface area is 188 Å². The molecule has 8 heteroatoms. The highest BCUT2D eigenvalue weighted by atomic mass is 35.5. The zero-order valence-electron chi connectivity index (χ0n) is 18.1. The molecule has 2 aromatic carbocycles. The predicted octanol–water partition coefficient (Wildman–Crippen LogP) is 3.86. The molecule has 0 saturated carbocycles. The van der Waals surface area contributed by atoms with E-state index in [-0.39, 0.29) is 0 Å². The van der Waals surface area contributed by atoms with Gasteiger partial charge < -0.3 is 20.1 Å². The molecule has 0 aliphatic carbocycles. The van der Waals surface area contributed by atoms with Gasteiger partial charge in [-0.15, -0.1) is 0 Å². The van der Waals surface area contributed by atoms with E-state index in [0.717, 1.165) is 12.1 Å². The lowest BCUT2D eigenvalue weighted by molar-refractivity contribution is 0.311. The predicted molar refractivity (Wildman–Crippen MR) is 124 cm³/mol. The van der Waals surface area contributed by atoms with Gasteiger partial charge in [0.25, 0.3) is 0 Å². The van der Waals surface area contributed by atoms with Gasteiger partial charge in [-0.1, -0.05) is 35.9 Å². The number of benzene rings is 2. The standard InChI is InChI=1S/C23H28ClN5O2/c1-4-31-22-20(24)12-17(13-21(22)30-3)14-26-23(25-2)27-15-18-8-5-6-9-19(18)16-29-11-7-10-28-29/h5-13H,4,14-16H2,1-3H3,(H2,25,26,27). The molecule has 31 heavy (non-hydrogen) atoms. The first kappa shape index (κ1) is 22.5. The smallest absolute Gasteiger partial charge is 0.191 e. The SMILES string of the molecule is CCOc1c(Cl)cc(CNC(=NC)NCc2ccccc2Cn2cccn2)cc1OC. The summed E-state index contributed by atoms with van der Waals surface area (Å²) in [5.74, 6) is 1.87. The summed E-state index contributed by atoms with van der Waals surface area (Å²) in [5.41, 5.74) is 3.36. The minimum Gasteiger partial charge on any atom is -0.493 e. The monoisotopic (exact) mass is 441 g/mol. The molecule has 3 rings (SSSR count). The Balaban J connectivity index is 1.62. The summed E-state index contributed by atoms with van der Waals surface area (Å²) < 4.78 is 12.9. The van der Waals surface area contributed by atoms with Crippen LogP contribution in [0, 0.1) is 0 Å². The van der Waals surface area contributed by atoms with Crippen molar-refractivity contribution in [3.63, 3.8) is 0 Å². The highest BCUT2D eigenvalue weighted by Crippen LogP contribution is 2.36. The van der Waals surface area contributed by atoms with Crippen LogP contribution in [0.2, 0.25) is 5.02 Å². The molecule has 164 valence electrons. The van der Waals surface area contributed by atoms with Gasteiger partial charge in [0.05, 0.1) is 25.3 Å². The summed E-state index contributed by atoms with van der Waals surface area (Å²) in [6.45, 7) is 4.34. The fourth-order valence-corrected chi connectivity index (χ4v) is 3.49. The lowest BCUT2D eigenvalue weighted by Crippen LogP contribution is -2.36. The van der Waals surface area contributed by atoms with Crippen molar-refractivity contribution in [1.29, 1.82) is 0 Å². The fourth-order valence-electron chi connectivity index (χ4n) is 3.20. The van der Waals surface area contributed by atoms with Gasteiger partial charge in [0.2, 0.25) is 0 Å². The third-order valence-corrected chi connectivity index (χ3v) is 5.00.